The van der Waals surface area contributed by atoms with Gasteiger partial charge in [0.15, 0.2) is 0 Å². The molecule has 0 radical (unpaired) electrons. The maximum absolute atomic E-state index is 5.15. The lowest BCUT2D eigenvalue weighted by Gasteiger charge is -1.98. The van der Waals surface area contributed by atoms with E-state index in [0.717, 1.165) is 23.9 Å². The number of epoxide rings is 1. The number of rotatable bonds is 3. The zero-order valence-electron chi connectivity index (χ0n) is 6.79. The number of hydrogen-bond donors (Lipinski definition) is 0. The summed E-state index contributed by atoms with van der Waals surface area (Å²) in [6.07, 6.45) is 2.84. The number of benzene rings is 1. The molecule has 1 heterocycles. The minimum Gasteiger partial charge on any atom is -0.373 e. The van der Waals surface area contributed by atoms with Crippen LogP contribution in [0, 0.1) is 0 Å². The number of ether oxygens (including phenoxy) is 1. The Morgan fingerprint density at radius 3 is 3.00 bits per heavy atom. The van der Waals surface area contributed by atoms with Crippen molar-refractivity contribution in [3.8, 4) is 0 Å². The summed E-state index contributed by atoms with van der Waals surface area (Å²) in [4.78, 5) is 0. The fraction of sp³-hybridized carbons (Fsp3) is 0.400. The Labute approximate surface area is 80.9 Å². The van der Waals surface area contributed by atoms with E-state index in [9.17, 15) is 0 Å². The van der Waals surface area contributed by atoms with Crippen LogP contribution in [0.15, 0.2) is 28.7 Å². The Bertz CT molecular complexity index is 268. The largest absolute Gasteiger partial charge is 0.373 e. The zero-order valence-corrected chi connectivity index (χ0v) is 8.38. The molecule has 0 amide bonds. The van der Waals surface area contributed by atoms with Gasteiger partial charge in [-0.2, -0.15) is 0 Å². The van der Waals surface area contributed by atoms with Crippen LogP contribution in [0.5, 0.6) is 0 Å². The summed E-state index contributed by atoms with van der Waals surface area (Å²) < 4.78 is 6.31. The fourth-order valence-corrected chi connectivity index (χ4v) is 1.70. The van der Waals surface area contributed by atoms with E-state index in [0.29, 0.717) is 6.10 Å². The molecule has 0 aromatic heterocycles. The van der Waals surface area contributed by atoms with Crippen LogP contribution in [0.25, 0.3) is 0 Å². The molecule has 1 nitrogen and oxygen atoms in total. The topological polar surface area (TPSA) is 12.5 Å². The number of hydrogen-bond acceptors (Lipinski definition) is 1. The molecule has 1 aliphatic heterocycles. The van der Waals surface area contributed by atoms with Gasteiger partial charge in [0.05, 0.1) is 12.7 Å². The van der Waals surface area contributed by atoms with Crippen LogP contribution < -0.4 is 0 Å². The van der Waals surface area contributed by atoms with Gasteiger partial charge in [0.2, 0.25) is 0 Å². The Morgan fingerprint density at radius 2 is 2.33 bits per heavy atom. The summed E-state index contributed by atoms with van der Waals surface area (Å²) in [6, 6.07) is 8.46. The highest BCUT2D eigenvalue weighted by Crippen LogP contribution is 2.18. The summed E-state index contributed by atoms with van der Waals surface area (Å²) in [5, 5.41) is 0. The van der Waals surface area contributed by atoms with E-state index in [4.69, 9.17) is 4.74 Å². The standard InChI is InChI=1S/C10H11BrO/c11-9-3-1-2-8(6-9)4-5-10-7-12-10/h1-3,6,10H,4-5,7H2/t10-/m0/s1. The van der Waals surface area contributed by atoms with Crippen LogP contribution in [0.2, 0.25) is 0 Å². The molecule has 1 aromatic carbocycles. The molecule has 0 unspecified atom stereocenters. The fourth-order valence-electron chi connectivity index (χ4n) is 1.25. The maximum atomic E-state index is 5.15. The number of halogens is 1. The van der Waals surface area contributed by atoms with E-state index in [1.807, 2.05) is 0 Å². The first-order valence-corrected chi connectivity index (χ1v) is 5.00. The molecule has 2 rings (SSSR count). The lowest BCUT2D eigenvalue weighted by Crippen LogP contribution is -1.90. The third-order valence-electron chi connectivity index (χ3n) is 2.05. The van der Waals surface area contributed by atoms with Crippen LogP contribution in [-0.2, 0) is 11.2 Å². The van der Waals surface area contributed by atoms with Crippen molar-refractivity contribution in [2.45, 2.75) is 18.9 Å². The van der Waals surface area contributed by atoms with Gasteiger partial charge in [-0.3, -0.25) is 0 Å². The van der Waals surface area contributed by atoms with Gasteiger partial charge in [-0.1, -0.05) is 28.1 Å². The van der Waals surface area contributed by atoms with Gasteiger partial charge in [0, 0.05) is 4.47 Å². The third kappa shape index (κ3) is 2.32. The summed E-state index contributed by atoms with van der Waals surface area (Å²) in [5.74, 6) is 0. The molecule has 1 atom stereocenters. The van der Waals surface area contributed by atoms with E-state index < -0.39 is 0 Å². The Balaban J connectivity index is 1.92. The Morgan fingerprint density at radius 1 is 1.50 bits per heavy atom. The van der Waals surface area contributed by atoms with Crippen molar-refractivity contribution in [3.05, 3.63) is 34.3 Å². The van der Waals surface area contributed by atoms with Crippen LogP contribution in [0.3, 0.4) is 0 Å². The van der Waals surface area contributed by atoms with E-state index in [-0.39, 0.29) is 0 Å². The van der Waals surface area contributed by atoms with Gasteiger partial charge < -0.3 is 4.74 Å². The Hall–Kier alpha value is -0.340. The highest BCUT2D eigenvalue weighted by molar-refractivity contribution is 9.10. The van der Waals surface area contributed by atoms with Crippen molar-refractivity contribution in [3.63, 3.8) is 0 Å². The molecule has 2 heteroatoms. The second-order valence-corrected chi connectivity index (χ2v) is 4.04. The quantitative estimate of drug-likeness (QED) is 0.723. The molecular weight excluding hydrogens is 216 g/mol. The van der Waals surface area contributed by atoms with Gasteiger partial charge in [-0.15, -0.1) is 0 Å². The maximum Gasteiger partial charge on any atom is 0.0813 e. The average Bonchev–Trinajstić information content (AvgIpc) is 2.84. The summed E-state index contributed by atoms with van der Waals surface area (Å²) in [7, 11) is 0. The first-order chi connectivity index (χ1) is 5.84. The summed E-state index contributed by atoms with van der Waals surface area (Å²) in [6.45, 7) is 0.966. The van der Waals surface area contributed by atoms with E-state index in [1.54, 1.807) is 0 Å². The van der Waals surface area contributed by atoms with E-state index >= 15 is 0 Å². The SMILES string of the molecule is Brc1cccc(CC[C@H]2CO2)c1. The number of aryl methyl sites for hydroxylation is 1. The van der Waals surface area contributed by atoms with Crippen molar-refractivity contribution >= 4 is 15.9 Å². The first-order valence-electron chi connectivity index (χ1n) is 4.20. The molecule has 12 heavy (non-hydrogen) atoms. The predicted molar refractivity (Wildman–Crippen MR) is 52.2 cm³/mol. The first kappa shape index (κ1) is 8.27. The average molecular weight is 227 g/mol. The zero-order chi connectivity index (χ0) is 8.39. The van der Waals surface area contributed by atoms with Gasteiger partial charge in [-0.25, -0.2) is 0 Å². The molecule has 1 fully saturated rings. The van der Waals surface area contributed by atoms with Gasteiger partial charge in [0.1, 0.15) is 0 Å². The normalized spacial score (nSPS) is 20.9. The highest BCUT2D eigenvalue weighted by atomic mass is 79.9. The van der Waals surface area contributed by atoms with Crippen molar-refractivity contribution in [1.29, 1.82) is 0 Å². The second-order valence-electron chi connectivity index (χ2n) is 3.12. The lowest BCUT2D eigenvalue weighted by molar-refractivity contribution is 0.397. The molecule has 0 spiro atoms. The van der Waals surface area contributed by atoms with Gasteiger partial charge in [-0.05, 0) is 30.5 Å². The summed E-state index contributed by atoms with van der Waals surface area (Å²) >= 11 is 3.45. The molecule has 1 aromatic rings. The van der Waals surface area contributed by atoms with Gasteiger partial charge >= 0.3 is 0 Å². The van der Waals surface area contributed by atoms with Crippen molar-refractivity contribution in [2.24, 2.45) is 0 Å². The monoisotopic (exact) mass is 226 g/mol. The van der Waals surface area contributed by atoms with Crippen LogP contribution in [-0.4, -0.2) is 12.7 Å². The third-order valence-corrected chi connectivity index (χ3v) is 2.54. The van der Waals surface area contributed by atoms with Crippen LogP contribution >= 0.6 is 15.9 Å². The van der Waals surface area contributed by atoms with Gasteiger partial charge in [0.25, 0.3) is 0 Å². The minimum atomic E-state index is 0.545. The summed E-state index contributed by atoms with van der Waals surface area (Å²) in [5.41, 5.74) is 1.39. The molecule has 1 aliphatic rings. The molecule has 64 valence electrons. The van der Waals surface area contributed by atoms with Crippen molar-refractivity contribution in [2.75, 3.05) is 6.61 Å². The smallest absolute Gasteiger partial charge is 0.0813 e. The van der Waals surface area contributed by atoms with E-state index in [1.165, 1.54) is 5.56 Å². The molecule has 1 saturated heterocycles. The molecular formula is C10H11BrO. The molecule has 0 bridgehead atoms. The highest BCUT2D eigenvalue weighted by Gasteiger charge is 2.21. The van der Waals surface area contributed by atoms with Crippen LogP contribution in [0.4, 0.5) is 0 Å². The predicted octanol–water partition coefficient (Wildman–Crippen LogP) is 2.78. The van der Waals surface area contributed by atoms with Crippen molar-refractivity contribution in [1.82, 2.24) is 0 Å². The lowest BCUT2D eigenvalue weighted by atomic mass is 10.1. The van der Waals surface area contributed by atoms with E-state index in [2.05, 4.69) is 40.2 Å². The second kappa shape index (κ2) is 3.58. The van der Waals surface area contributed by atoms with Crippen LogP contribution in [0.1, 0.15) is 12.0 Å². The van der Waals surface area contributed by atoms with Crippen molar-refractivity contribution < 1.29 is 4.74 Å². The molecule has 0 N–H and O–H groups in total. The molecule has 0 aliphatic carbocycles. The molecule has 0 saturated carbocycles. The minimum absolute atomic E-state index is 0.545. The Kier molecular flexibility index (Phi) is 2.47.